The van der Waals surface area contributed by atoms with E-state index >= 15 is 0 Å². The average molecular weight is 297 g/mol. The van der Waals surface area contributed by atoms with Crippen LogP contribution in [0.4, 0.5) is 0 Å². The number of ether oxygens (including phenoxy) is 1. The number of hydrogen-bond donors (Lipinski definition) is 0. The Morgan fingerprint density at radius 1 is 1.21 bits per heavy atom. The van der Waals surface area contributed by atoms with Crippen LogP contribution in [-0.2, 0) is 4.74 Å². The minimum absolute atomic E-state index is 0.257. The number of halogens is 2. The molecule has 0 amide bonds. The molecule has 2 aromatic heterocycles. The van der Waals surface area contributed by atoms with Crippen LogP contribution in [0.5, 0.6) is 0 Å². The summed E-state index contributed by atoms with van der Waals surface area (Å²) >= 11 is 11.8. The quantitative estimate of drug-likeness (QED) is 0.628. The Balaban J connectivity index is 2.65. The van der Waals surface area contributed by atoms with E-state index in [2.05, 4.69) is 9.97 Å². The molecular weight excluding hydrogens is 287 g/mol. The van der Waals surface area contributed by atoms with E-state index in [1.54, 1.807) is 18.2 Å². The molecule has 0 fully saturated rings. The largest absolute Gasteiger partial charge is 0.465 e. The van der Waals surface area contributed by atoms with Gasteiger partial charge in [-0.3, -0.25) is 4.98 Å². The topological polar surface area (TPSA) is 52.1 Å². The average Bonchev–Trinajstić information content (AvgIpc) is 2.36. The van der Waals surface area contributed by atoms with Crippen LogP contribution in [0, 0.1) is 6.92 Å². The molecule has 98 valence electrons. The first kappa shape index (κ1) is 13.8. The number of hydrogen-bond acceptors (Lipinski definition) is 4. The van der Waals surface area contributed by atoms with E-state index in [0.717, 1.165) is 5.69 Å². The monoisotopic (exact) mass is 296 g/mol. The molecule has 2 heterocycles. The molecule has 0 radical (unpaired) electrons. The Morgan fingerprint density at radius 3 is 2.42 bits per heavy atom. The van der Waals surface area contributed by atoms with Crippen LogP contribution in [-0.4, -0.2) is 23.0 Å². The first-order valence-electron chi connectivity index (χ1n) is 5.39. The van der Waals surface area contributed by atoms with Crippen LogP contribution in [0.25, 0.3) is 11.1 Å². The first-order valence-corrected chi connectivity index (χ1v) is 6.15. The number of nitrogens with zero attached hydrogens (tertiary/aromatic N) is 2. The highest BCUT2D eigenvalue weighted by Gasteiger charge is 2.15. The molecule has 0 N–H and O–H groups in total. The van der Waals surface area contributed by atoms with Gasteiger partial charge in [-0.2, -0.15) is 0 Å². The molecular formula is C13H10Cl2N2O2. The second-order valence-electron chi connectivity index (χ2n) is 3.86. The lowest BCUT2D eigenvalue weighted by atomic mass is 10.0. The van der Waals surface area contributed by atoms with E-state index in [4.69, 9.17) is 27.9 Å². The SMILES string of the molecule is COC(=O)c1cnc(C)cc1-c1cc(Cl)nc(Cl)c1. The maximum atomic E-state index is 11.7. The molecule has 4 nitrogen and oxygen atoms in total. The second kappa shape index (κ2) is 5.55. The van der Waals surface area contributed by atoms with E-state index in [-0.39, 0.29) is 10.3 Å². The summed E-state index contributed by atoms with van der Waals surface area (Å²) in [5.74, 6) is -0.466. The van der Waals surface area contributed by atoms with Crippen LogP contribution >= 0.6 is 23.2 Å². The lowest BCUT2D eigenvalue weighted by molar-refractivity contribution is 0.0601. The van der Waals surface area contributed by atoms with Crippen molar-refractivity contribution in [2.75, 3.05) is 7.11 Å². The Morgan fingerprint density at radius 2 is 1.84 bits per heavy atom. The fraction of sp³-hybridized carbons (Fsp3) is 0.154. The lowest BCUT2D eigenvalue weighted by Crippen LogP contribution is -2.05. The summed E-state index contributed by atoms with van der Waals surface area (Å²) in [5.41, 5.74) is 2.47. The summed E-state index contributed by atoms with van der Waals surface area (Å²) in [6, 6.07) is 5.04. The fourth-order valence-corrected chi connectivity index (χ4v) is 2.15. The van der Waals surface area contributed by atoms with E-state index in [1.165, 1.54) is 13.3 Å². The van der Waals surface area contributed by atoms with Crippen molar-refractivity contribution in [2.24, 2.45) is 0 Å². The van der Waals surface area contributed by atoms with Crippen molar-refractivity contribution < 1.29 is 9.53 Å². The Hall–Kier alpha value is -1.65. The summed E-state index contributed by atoms with van der Waals surface area (Å²) in [4.78, 5) is 19.7. The van der Waals surface area contributed by atoms with Crippen LogP contribution in [0.3, 0.4) is 0 Å². The highest BCUT2D eigenvalue weighted by molar-refractivity contribution is 6.32. The number of methoxy groups -OCH3 is 1. The molecule has 0 aromatic carbocycles. The van der Waals surface area contributed by atoms with Crippen molar-refractivity contribution >= 4 is 29.2 Å². The maximum absolute atomic E-state index is 11.7. The van der Waals surface area contributed by atoms with Gasteiger partial charge in [-0.25, -0.2) is 9.78 Å². The van der Waals surface area contributed by atoms with E-state index in [0.29, 0.717) is 16.7 Å². The van der Waals surface area contributed by atoms with Crippen LogP contribution < -0.4 is 0 Å². The van der Waals surface area contributed by atoms with Gasteiger partial charge in [0.2, 0.25) is 0 Å². The molecule has 0 saturated heterocycles. The number of carbonyl (C=O) groups excluding carboxylic acids is 1. The van der Waals surface area contributed by atoms with Crippen LogP contribution in [0.2, 0.25) is 10.3 Å². The van der Waals surface area contributed by atoms with Gasteiger partial charge in [-0.05, 0) is 36.2 Å². The van der Waals surface area contributed by atoms with Crippen molar-refractivity contribution in [3.05, 3.63) is 46.0 Å². The number of rotatable bonds is 2. The maximum Gasteiger partial charge on any atom is 0.340 e. The smallest absolute Gasteiger partial charge is 0.340 e. The zero-order valence-electron chi connectivity index (χ0n) is 10.3. The van der Waals surface area contributed by atoms with Gasteiger partial charge in [0, 0.05) is 11.9 Å². The minimum Gasteiger partial charge on any atom is -0.465 e. The molecule has 0 unspecified atom stereocenters. The number of carbonyl (C=O) groups is 1. The Labute approximate surface area is 120 Å². The highest BCUT2D eigenvalue weighted by atomic mass is 35.5. The van der Waals surface area contributed by atoms with Gasteiger partial charge in [-0.1, -0.05) is 23.2 Å². The molecule has 0 aliphatic rings. The molecule has 2 aromatic rings. The number of pyridine rings is 2. The predicted molar refractivity (Wildman–Crippen MR) is 73.6 cm³/mol. The van der Waals surface area contributed by atoms with E-state index in [9.17, 15) is 4.79 Å². The Kier molecular flexibility index (Phi) is 4.02. The van der Waals surface area contributed by atoms with E-state index < -0.39 is 5.97 Å². The van der Waals surface area contributed by atoms with Gasteiger partial charge in [0.05, 0.1) is 12.7 Å². The van der Waals surface area contributed by atoms with Crippen molar-refractivity contribution in [2.45, 2.75) is 6.92 Å². The highest BCUT2D eigenvalue weighted by Crippen LogP contribution is 2.28. The van der Waals surface area contributed by atoms with Gasteiger partial charge in [-0.15, -0.1) is 0 Å². The molecule has 2 rings (SSSR count). The van der Waals surface area contributed by atoms with Crippen molar-refractivity contribution in [3.8, 4) is 11.1 Å². The summed E-state index contributed by atoms with van der Waals surface area (Å²) in [6.07, 6.45) is 1.47. The molecule has 0 atom stereocenters. The molecule has 0 spiro atoms. The molecule has 0 saturated carbocycles. The van der Waals surface area contributed by atoms with Crippen molar-refractivity contribution in [3.63, 3.8) is 0 Å². The summed E-state index contributed by atoms with van der Waals surface area (Å²) < 4.78 is 4.74. The Bertz CT molecular complexity index is 624. The normalized spacial score (nSPS) is 10.3. The van der Waals surface area contributed by atoms with Crippen LogP contribution in [0.15, 0.2) is 24.4 Å². The van der Waals surface area contributed by atoms with Crippen LogP contribution in [0.1, 0.15) is 16.1 Å². The molecule has 0 aliphatic heterocycles. The summed E-state index contributed by atoms with van der Waals surface area (Å²) in [7, 11) is 1.32. The van der Waals surface area contributed by atoms with Crippen molar-refractivity contribution in [1.82, 2.24) is 9.97 Å². The fourth-order valence-electron chi connectivity index (χ4n) is 1.69. The van der Waals surface area contributed by atoms with Crippen molar-refractivity contribution in [1.29, 1.82) is 0 Å². The van der Waals surface area contributed by atoms with Gasteiger partial charge < -0.3 is 4.74 Å². The third-order valence-corrected chi connectivity index (χ3v) is 2.91. The number of aryl methyl sites for hydroxylation is 1. The number of esters is 1. The summed E-state index contributed by atoms with van der Waals surface area (Å²) in [6.45, 7) is 1.83. The first-order chi connectivity index (χ1) is 9.01. The standard InChI is InChI=1S/C13H10Cl2N2O2/c1-7-3-9(10(6-16-7)13(18)19-2)8-4-11(14)17-12(15)5-8/h3-6H,1-2H3. The number of aromatic nitrogens is 2. The van der Waals surface area contributed by atoms with Gasteiger partial charge in [0.25, 0.3) is 0 Å². The molecule has 0 bridgehead atoms. The molecule has 19 heavy (non-hydrogen) atoms. The minimum atomic E-state index is -0.466. The zero-order valence-corrected chi connectivity index (χ0v) is 11.8. The predicted octanol–water partition coefficient (Wildman–Crippen LogP) is 3.55. The third-order valence-electron chi connectivity index (χ3n) is 2.52. The summed E-state index contributed by atoms with van der Waals surface area (Å²) in [5, 5.41) is 0.514. The molecule has 0 aliphatic carbocycles. The zero-order chi connectivity index (χ0) is 14.0. The van der Waals surface area contributed by atoms with Gasteiger partial charge in [0.15, 0.2) is 0 Å². The second-order valence-corrected chi connectivity index (χ2v) is 4.64. The van der Waals surface area contributed by atoms with E-state index in [1.807, 2.05) is 6.92 Å². The van der Waals surface area contributed by atoms with Gasteiger partial charge >= 0.3 is 5.97 Å². The lowest BCUT2D eigenvalue weighted by Gasteiger charge is -2.09. The van der Waals surface area contributed by atoms with Gasteiger partial charge in [0.1, 0.15) is 10.3 Å². The third kappa shape index (κ3) is 3.03. The molecule has 6 heteroatoms.